The molecule has 1 aliphatic rings. The largest absolute Gasteiger partial charge is 0.320 e. The van der Waals surface area contributed by atoms with Gasteiger partial charge in [0.1, 0.15) is 0 Å². The maximum Gasteiger partial charge on any atom is 0.177 e. The number of rotatable bonds is 0. The van der Waals surface area contributed by atoms with E-state index in [0.717, 1.165) is 35.8 Å². The second kappa shape index (κ2) is 4.47. The van der Waals surface area contributed by atoms with Crippen LogP contribution in [0.25, 0.3) is 33.7 Å². The smallest absolute Gasteiger partial charge is 0.177 e. The zero-order valence-electron chi connectivity index (χ0n) is 14.5. The summed E-state index contributed by atoms with van der Waals surface area (Å²) in [6, 6.07) is 8.90. The molecule has 4 aromatic rings. The second-order valence-electron chi connectivity index (χ2n) is 7.02. The minimum atomic E-state index is 0.944. The fourth-order valence-corrected chi connectivity index (χ4v) is 3.75. The highest BCUT2D eigenvalue weighted by molar-refractivity contribution is 5.85. The summed E-state index contributed by atoms with van der Waals surface area (Å²) in [7, 11) is 0. The third kappa shape index (κ3) is 1.68. The van der Waals surface area contributed by atoms with Crippen LogP contribution in [0.2, 0.25) is 0 Å². The summed E-state index contributed by atoms with van der Waals surface area (Å²) in [5.41, 5.74) is 9.79. The van der Waals surface area contributed by atoms with Crippen molar-refractivity contribution in [2.75, 3.05) is 0 Å². The predicted octanol–water partition coefficient (Wildman–Crippen LogP) is 4.30. The van der Waals surface area contributed by atoms with Crippen molar-refractivity contribution in [3.63, 3.8) is 0 Å². The third-order valence-corrected chi connectivity index (χ3v) is 5.47. The molecule has 0 saturated carbocycles. The zero-order valence-corrected chi connectivity index (χ0v) is 14.5. The summed E-state index contributed by atoms with van der Waals surface area (Å²) in [6.45, 7) is 10.5. The van der Waals surface area contributed by atoms with Crippen LogP contribution in [0.5, 0.6) is 0 Å². The third-order valence-electron chi connectivity index (χ3n) is 5.47. The molecule has 0 spiro atoms. The number of nitrogens with zero attached hydrogens (tertiary/aromatic N) is 4. The van der Waals surface area contributed by atoms with E-state index in [0.29, 0.717) is 0 Å². The molecule has 0 N–H and O–H groups in total. The predicted molar refractivity (Wildman–Crippen MR) is 97.4 cm³/mol. The van der Waals surface area contributed by atoms with Gasteiger partial charge in [0.2, 0.25) is 0 Å². The average molecular weight is 316 g/mol. The van der Waals surface area contributed by atoms with Crippen molar-refractivity contribution in [1.82, 2.24) is 19.1 Å². The van der Waals surface area contributed by atoms with Crippen LogP contribution in [0.15, 0.2) is 24.3 Å². The summed E-state index contributed by atoms with van der Waals surface area (Å²) in [5, 5.41) is 0. The summed E-state index contributed by atoms with van der Waals surface area (Å²) in [4.78, 5) is 9.83. The molecule has 3 heterocycles. The Morgan fingerprint density at radius 3 is 1.42 bits per heavy atom. The second-order valence-corrected chi connectivity index (χ2v) is 7.02. The van der Waals surface area contributed by atoms with Crippen LogP contribution >= 0.6 is 0 Å². The number of hydrogen-bond donors (Lipinski definition) is 0. The topological polar surface area (TPSA) is 35.6 Å². The Bertz CT molecular complexity index is 1050. The van der Waals surface area contributed by atoms with Crippen molar-refractivity contribution in [3.8, 4) is 11.6 Å². The monoisotopic (exact) mass is 316 g/mol. The Morgan fingerprint density at radius 1 is 0.625 bits per heavy atom. The van der Waals surface area contributed by atoms with E-state index in [1.165, 1.54) is 33.3 Å². The van der Waals surface area contributed by atoms with Crippen LogP contribution in [0, 0.1) is 27.7 Å². The normalized spacial score (nSPS) is 13.5. The number of benzene rings is 2. The highest BCUT2D eigenvalue weighted by atomic mass is 15.2. The summed E-state index contributed by atoms with van der Waals surface area (Å²) in [5.74, 6) is 1.99. The molecule has 0 amide bonds. The van der Waals surface area contributed by atoms with Crippen LogP contribution in [0.1, 0.15) is 22.3 Å². The molecule has 0 saturated heterocycles. The molecule has 24 heavy (non-hydrogen) atoms. The lowest BCUT2D eigenvalue weighted by molar-refractivity contribution is 0.574. The molecular weight excluding hydrogens is 296 g/mol. The van der Waals surface area contributed by atoms with Crippen LogP contribution < -0.4 is 0 Å². The van der Waals surface area contributed by atoms with E-state index in [-0.39, 0.29) is 0 Å². The van der Waals surface area contributed by atoms with Crippen LogP contribution in [0.4, 0.5) is 0 Å². The van der Waals surface area contributed by atoms with E-state index < -0.39 is 0 Å². The summed E-state index contributed by atoms with van der Waals surface area (Å²) in [6.07, 6.45) is 0. The molecule has 1 aliphatic heterocycles. The van der Waals surface area contributed by atoms with Gasteiger partial charge in [-0.15, -0.1) is 0 Å². The molecule has 4 nitrogen and oxygen atoms in total. The molecule has 0 unspecified atom stereocenters. The van der Waals surface area contributed by atoms with Gasteiger partial charge < -0.3 is 9.13 Å². The van der Waals surface area contributed by atoms with Crippen molar-refractivity contribution >= 4 is 22.1 Å². The van der Waals surface area contributed by atoms with Crippen molar-refractivity contribution in [2.24, 2.45) is 0 Å². The number of imidazole rings is 2. The molecule has 0 atom stereocenters. The van der Waals surface area contributed by atoms with Gasteiger partial charge in [0.25, 0.3) is 0 Å². The van der Waals surface area contributed by atoms with Gasteiger partial charge in [-0.1, -0.05) is 0 Å². The Balaban J connectivity index is 1.84. The first-order valence-electron chi connectivity index (χ1n) is 8.48. The quantitative estimate of drug-likeness (QED) is 0.485. The molecule has 0 radical (unpaired) electrons. The average Bonchev–Trinajstić information content (AvgIpc) is 3.07. The first-order valence-corrected chi connectivity index (χ1v) is 8.48. The van der Waals surface area contributed by atoms with Gasteiger partial charge in [-0.05, 0) is 74.2 Å². The lowest BCUT2D eigenvalue weighted by atomic mass is 10.1. The molecule has 120 valence electrons. The number of fused-ring (bicyclic) bond motifs is 7. The summed E-state index contributed by atoms with van der Waals surface area (Å²) < 4.78 is 4.64. The minimum absolute atomic E-state index is 0.944. The molecule has 0 bridgehead atoms. The first-order chi connectivity index (χ1) is 11.5. The SMILES string of the molecule is Cc1cc2nc3n(c2cc1C)CCn1c-3nc2cc(C)c(C)cc21. The minimum Gasteiger partial charge on any atom is -0.320 e. The van der Waals surface area contributed by atoms with Crippen molar-refractivity contribution in [2.45, 2.75) is 40.8 Å². The fourth-order valence-electron chi connectivity index (χ4n) is 3.75. The molecule has 5 rings (SSSR count). The Morgan fingerprint density at radius 2 is 1.00 bits per heavy atom. The van der Waals surface area contributed by atoms with Crippen molar-refractivity contribution in [1.29, 1.82) is 0 Å². The lowest BCUT2D eigenvalue weighted by Gasteiger charge is -2.18. The van der Waals surface area contributed by atoms with E-state index in [1.54, 1.807) is 0 Å². The van der Waals surface area contributed by atoms with Crippen LogP contribution in [0.3, 0.4) is 0 Å². The Hall–Kier alpha value is -2.62. The van der Waals surface area contributed by atoms with Gasteiger partial charge in [0, 0.05) is 13.1 Å². The standard InChI is InChI=1S/C20H20N4/c1-11-7-15-17(9-13(11)3)23-5-6-24-18-10-14(4)12(2)8-16(18)22-20(24)19(23)21-15/h7-10H,5-6H2,1-4H3. The zero-order chi connectivity index (χ0) is 16.6. The van der Waals surface area contributed by atoms with Gasteiger partial charge in [0.05, 0.1) is 22.1 Å². The van der Waals surface area contributed by atoms with Crippen LogP contribution in [-0.4, -0.2) is 19.1 Å². The van der Waals surface area contributed by atoms with Crippen molar-refractivity contribution < 1.29 is 0 Å². The van der Waals surface area contributed by atoms with Gasteiger partial charge in [-0.3, -0.25) is 0 Å². The van der Waals surface area contributed by atoms with E-state index in [2.05, 4.69) is 61.1 Å². The first kappa shape index (κ1) is 13.8. The Kier molecular flexibility index (Phi) is 2.57. The fraction of sp³-hybridized carbons (Fsp3) is 0.300. The molecule has 2 aromatic carbocycles. The highest BCUT2D eigenvalue weighted by Gasteiger charge is 2.24. The molecule has 4 heteroatoms. The number of aromatic nitrogens is 4. The molecule has 0 aliphatic carbocycles. The van der Waals surface area contributed by atoms with E-state index >= 15 is 0 Å². The van der Waals surface area contributed by atoms with E-state index in [4.69, 9.17) is 9.97 Å². The number of hydrogen-bond acceptors (Lipinski definition) is 2. The maximum atomic E-state index is 4.92. The molecule has 2 aromatic heterocycles. The van der Waals surface area contributed by atoms with Gasteiger partial charge in [-0.25, -0.2) is 9.97 Å². The van der Waals surface area contributed by atoms with Gasteiger partial charge in [-0.2, -0.15) is 0 Å². The maximum absolute atomic E-state index is 4.92. The Labute approximate surface area is 140 Å². The van der Waals surface area contributed by atoms with Crippen molar-refractivity contribution in [3.05, 3.63) is 46.5 Å². The van der Waals surface area contributed by atoms with Gasteiger partial charge in [0.15, 0.2) is 11.6 Å². The van der Waals surface area contributed by atoms with E-state index in [1.807, 2.05) is 0 Å². The lowest BCUT2D eigenvalue weighted by Crippen LogP contribution is -2.16. The number of aryl methyl sites for hydroxylation is 6. The van der Waals surface area contributed by atoms with Crippen LogP contribution in [-0.2, 0) is 13.1 Å². The highest BCUT2D eigenvalue weighted by Crippen LogP contribution is 2.33. The van der Waals surface area contributed by atoms with E-state index in [9.17, 15) is 0 Å². The summed E-state index contributed by atoms with van der Waals surface area (Å²) >= 11 is 0. The van der Waals surface area contributed by atoms with Gasteiger partial charge >= 0.3 is 0 Å². The molecule has 0 fully saturated rings. The molecular formula is C20H20N4.